The highest BCUT2D eigenvalue weighted by Crippen LogP contribution is 2.27. The molecule has 0 aromatic rings. The van der Waals surface area contributed by atoms with Crippen molar-refractivity contribution in [3.05, 3.63) is 0 Å². The summed E-state index contributed by atoms with van der Waals surface area (Å²) in [6.45, 7) is 1.86. The van der Waals surface area contributed by atoms with Crippen molar-refractivity contribution in [2.24, 2.45) is 16.8 Å². The standard InChI is InChI=1S/C7H15N3O3S/c1-5(7(8)10-11)4-9-14(12,13)6-2-3-6/h5-6,9,11H,2-4H2,1H3,(H2,8,10). The number of rotatable bonds is 5. The van der Waals surface area contributed by atoms with Crippen LogP contribution in [0.2, 0.25) is 0 Å². The van der Waals surface area contributed by atoms with Crippen LogP contribution in [-0.2, 0) is 10.0 Å². The van der Waals surface area contributed by atoms with Gasteiger partial charge in [-0.3, -0.25) is 0 Å². The van der Waals surface area contributed by atoms with E-state index in [0.717, 1.165) is 12.8 Å². The summed E-state index contributed by atoms with van der Waals surface area (Å²) < 4.78 is 25.1. The zero-order valence-corrected chi connectivity index (χ0v) is 8.79. The van der Waals surface area contributed by atoms with Crippen LogP contribution in [-0.4, -0.2) is 31.3 Å². The summed E-state index contributed by atoms with van der Waals surface area (Å²) in [4.78, 5) is 0. The zero-order valence-electron chi connectivity index (χ0n) is 7.97. The lowest BCUT2D eigenvalue weighted by Crippen LogP contribution is -2.36. The van der Waals surface area contributed by atoms with Crippen LogP contribution in [0.15, 0.2) is 5.16 Å². The number of amidine groups is 1. The first kappa shape index (κ1) is 11.3. The highest BCUT2D eigenvalue weighted by molar-refractivity contribution is 7.90. The van der Waals surface area contributed by atoms with Crippen LogP contribution in [0.5, 0.6) is 0 Å². The molecule has 4 N–H and O–H groups in total. The molecule has 0 heterocycles. The molecule has 14 heavy (non-hydrogen) atoms. The van der Waals surface area contributed by atoms with Gasteiger partial charge < -0.3 is 10.9 Å². The molecule has 82 valence electrons. The van der Waals surface area contributed by atoms with Crippen molar-refractivity contribution in [1.29, 1.82) is 0 Å². The van der Waals surface area contributed by atoms with E-state index in [-0.39, 0.29) is 23.5 Å². The topological polar surface area (TPSA) is 105 Å². The van der Waals surface area contributed by atoms with Gasteiger partial charge in [-0.2, -0.15) is 0 Å². The summed E-state index contributed by atoms with van der Waals surface area (Å²) in [5, 5.41) is 10.9. The smallest absolute Gasteiger partial charge is 0.214 e. The molecule has 0 aromatic carbocycles. The lowest BCUT2D eigenvalue weighted by Gasteiger charge is -2.10. The van der Waals surface area contributed by atoms with E-state index < -0.39 is 10.0 Å². The zero-order chi connectivity index (χ0) is 10.8. The summed E-state index contributed by atoms with van der Waals surface area (Å²) in [7, 11) is -3.17. The van der Waals surface area contributed by atoms with Crippen LogP contribution < -0.4 is 10.5 Å². The van der Waals surface area contributed by atoms with Crippen LogP contribution in [0.25, 0.3) is 0 Å². The van der Waals surface area contributed by atoms with E-state index in [1.165, 1.54) is 0 Å². The molecule has 1 unspecified atom stereocenters. The number of hydrogen-bond acceptors (Lipinski definition) is 4. The van der Waals surface area contributed by atoms with Crippen molar-refractivity contribution in [2.75, 3.05) is 6.54 Å². The summed E-state index contributed by atoms with van der Waals surface area (Å²) in [6, 6.07) is 0. The molecule has 1 aliphatic rings. The van der Waals surface area contributed by atoms with Crippen LogP contribution in [0.3, 0.4) is 0 Å². The maximum absolute atomic E-state index is 11.4. The molecule has 7 heteroatoms. The van der Waals surface area contributed by atoms with Crippen LogP contribution >= 0.6 is 0 Å². The van der Waals surface area contributed by atoms with Gasteiger partial charge in [-0.1, -0.05) is 12.1 Å². The van der Waals surface area contributed by atoms with Gasteiger partial charge in [0.2, 0.25) is 10.0 Å². The summed E-state index contributed by atoms with van der Waals surface area (Å²) in [6.07, 6.45) is 1.46. The Morgan fingerprint density at radius 1 is 1.71 bits per heavy atom. The third kappa shape index (κ3) is 2.85. The highest BCUT2D eigenvalue weighted by Gasteiger charge is 2.35. The largest absolute Gasteiger partial charge is 0.409 e. The van der Waals surface area contributed by atoms with Gasteiger partial charge in [0.05, 0.1) is 5.25 Å². The first-order valence-electron chi connectivity index (χ1n) is 4.43. The average molecular weight is 221 g/mol. The number of oxime groups is 1. The molecule has 0 aromatic heterocycles. The summed E-state index contributed by atoms with van der Waals surface area (Å²) in [5.41, 5.74) is 5.30. The van der Waals surface area contributed by atoms with Gasteiger partial charge in [0.25, 0.3) is 0 Å². The molecule has 1 saturated carbocycles. The SMILES string of the molecule is CC(CNS(=O)(=O)C1CC1)C(N)=NO. The third-order valence-electron chi connectivity index (χ3n) is 2.17. The number of nitrogens with two attached hydrogens (primary N) is 1. The van der Waals surface area contributed by atoms with Gasteiger partial charge in [-0.15, -0.1) is 0 Å². The highest BCUT2D eigenvalue weighted by atomic mass is 32.2. The molecule has 1 fully saturated rings. The fraction of sp³-hybridized carbons (Fsp3) is 0.857. The average Bonchev–Trinajstić information content (AvgIpc) is 2.96. The molecule has 0 bridgehead atoms. The molecule has 1 atom stereocenters. The molecule has 1 aliphatic carbocycles. The van der Waals surface area contributed by atoms with E-state index in [9.17, 15) is 8.42 Å². The quantitative estimate of drug-likeness (QED) is 0.251. The fourth-order valence-corrected chi connectivity index (χ4v) is 2.42. The second-order valence-corrected chi connectivity index (χ2v) is 5.56. The molecule has 1 rings (SSSR count). The summed E-state index contributed by atoms with van der Waals surface area (Å²) >= 11 is 0. The number of nitrogens with zero attached hydrogens (tertiary/aromatic N) is 1. The Labute approximate surface area is 83.2 Å². The number of sulfonamides is 1. The monoisotopic (exact) mass is 221 g/mol. The lowest BCUT2D eigenvalue weighted by atomic mass is 10.2. The van der Waals surface area contributed by atoms with E-state index >= 15 is 0 Å². The van der Waals surface area contributed by atoms with Crippen molar-refractivity contribution in [3.63, 3.8) is 0 Å². The minimum absolute atomic E-state index is 0.0310. The maximum atomic E-state index is 11.4. The maximum Gasteiger partial charge on any atom is 0.214 e. The molecule has 0 amide bonds. The van der Waals surface area contributed by atoms with Crippen molar-refractivity contribution in [3.8, 4) is 0 Å². The molecular weight excluding hydrogens is 206 g/mol. The molecule has 0 aliphatic heterocycles. The van der Waals surface area contributed by atoms with Gasteiger partial charge in [-0.05, 0) is 12.8 Å². The Morgan fingerprint density at radius 2 is 2.29 bits per heavy atom. The van der Waals surface area contributed by atoms with Gasteiger partial charge in [0, 0.05) is 12.5 Å². The van der Waals surface area contributed by atoms with Crippen molar-refractivity contribution in [2.45, 2.75) is 25.0 Å². The second kappa shape index (κ2) is 4.14. The van der Waals surface area contributed by atoms with Gasteiger partial charge in [0.15, 0.2) is 0 Å². The second-order valence-electron chi connectivity index (χ2n) is 3.52. The van der Waals surface area contributed by atoms with Crippen LogP contribution in [0.1, 0.15) is 19.8 Å². The Morgan fingerprint density at radius 3 is 2.71 bits per heavy atom. The van der Waals surface area contributed by atoms with Crippen LogP contribution in [0.4, 0.5) is 0 Å². The number of hydrogen-bond donors (Lipinski definition) is 3. The molecule has 0 radical (unpaired) electrons. The predicted molar refractivity (Wildman–Crippen MR) is 52.5 cm³/mol. The van der Waals surface area contributed by atoms with E-state index in [1.807, 2.05) is 0 Å². The minimum Gasteiger partial charge on any atom is -0.409 e. The molecule has 6 nitrogen and oxygen atoms in total. The van der Waals surface area contributed by atoms with E-state index in [0.29, 0.717) is 0 Å². The van der Waals surface area contributed by atoms with E-state index in [1.54, 1.807) is 6.92 Å². The van der Waals surface area contributed by atoms with E-state index in [2.05, 4.69) is 9.88 Å². The third-order valence-corrected chi connectivity index (χ3v) is 4.09. The Bertz CT molecular complexity index is 321. The summed E-state index contributed by atoms with van der Waals surface area (Å²) in [5.74, 6) is -0.267. The van der Waals surface area contributed by atoms with Crippen molar-refractivity contribution in [1.82, 2.24) is 4.72 Å². The molecular formula is C7H15N3O3S. The van der Waals surface area contributed by atoms with Crippen molar-refractivity contribution >= 4 is 15.9 Å². The first-order valence-corrected chi connectivity index (χ1v) is 5.98. The minimum atomic E-state index is -3.17. The fourth-order valence-electron chi connectivity index (χ4n) is 0.940. The Kier molecular flexibility index (Phi) is 3.33. The lowest BCUT2D eigenvalue weighted by molar-refractivity contribution is 0.314. The Balaban J connectivity index is 2.40. The van der Waals surface area contributed by atoms with Crippen LogP contribution in [0, 0.1) is 5.92 Å². The predicted octanol–water partition coefficient (Wildman–Crippen LogP) is -0.549. The van der Waals surface area contributed by atoms with Crippen molar-refractivity contribution < 1.29 is 13.6 Å². The normalized spacial score (nSPS) is 20.8. The van der Waals surface area contributed by atoms with Gasteiger partial charge in [-0.25, -0.2) is 13.1 Å². The first-order chi connectivity index (χ1) is 6.47. The molecule has 0 saturated heterocycles. The Hall–Kier alpha value is -0.820. The van der Waals surface area contributed by atoms with E-state index in [4.69, 9.17) is 10.9 Å². The van der Waals surface area contributed by atoms with Gasteiger partial charge >= 0.3 is 0 Å². The number of nitrogens with one attached hydrogen (secondary N) is 1. The van der Waals surface area contributed by atoms with Gasteiger partial charge in [0.1, 0.15) is 5.84 Å². The molecule has 0 spiro atoms.